The Balaban J connectivity index is 1.91. The predicted octanol–water partition coefficient (Wildman–Crippen LogP) is 2.74. The number of benzene rings is 1. The van der Waals surface area contributed by atoms with Gasteiger partial charge in [0.1, 0.15) is 0 Å². The van der Waals surface area contributed by atoms with E-state index in [4.69, 9.17) is 4.42 Å². The molecule has 1 aromatic heterocycles. The number of oxazole rings is 1. The summed E-state index contributed by atoms with van der Waals surface area (Å²) in [6.07, 6.45) is 3.31. The first kappa shape index (κ1) is 13.4. The first-order chi connectivity index (χ1) is 9.29. The third-order valence-electron chi connectivity index (χ3n) is 2.31. The molecular formula is C14H14N2O2S. The van der Waals surface area contributed by atoms with Gasteiger partial charge >= 0.3 is 0 Å². The lowest BCUT2D eigenvalue weighted by molar-refractivity contribution is -0.118. The van der Waals surface area contributed by atoms with Crippen LogP contribution in [0.4, 0.5) is 0 Å². The van der Waals surface area contributed by atoms with Crippen molar-refractivity contribution in [1.82, 2.24) is 10.3 Å². The summed E-state index contributed by atoms with van der Waals surface area (Å²) < 4.78 is 5.58. The van der Waals surface area contributed by atoms with Crippen LogP contribution in [0.2, 0.25) is 0 Å². The Labute approximate surface area is 115 Å². The zero-order chi connectivity index (χ0) is 13.5. The zero-order valence-electron chi connectivity index (χ0n) is 10.3. The third kappa shape index (κ3) is 3.99. The molecule has 2 aromatic rings. The van der Waals surface area contributed by atoms with Gasteiger partial charge in [0.15, 0.2) is 5.76 Å². The van der Waals surface area contributed by atoms with Crippen molar-refractivity contribution in [2.45, 2.75) is 5.22 Å². The van der Waals surface area contributed by atoms with E-state index in [1.165, 1.54) is 11.8 Å². The molecule has 0 radical (unpaired) electrons. The number of nitrogens with one attached hydrogen (secondary N) is 1. The zero-order valence-corrected chi connectivity index (χ0v) is 11.2. The van der Waals surface area contributed by atoms with Gasteiger partial charge in [-0.25, -0.2) is 4.98 Å². The number of nitrogens with zero attached hydrogens (tertiary/aromatic N) is 1. The number of amides is 1. The van der Waals surface area contributed by atoms with Crippen LogP contribution < -0.4 is 5.32 Å². The van der Waals surface area contributed by atoms with E-state index >= 15 is 0 Å². The lowest BCUT2D eigenvalue weighted by Crippen LogP contribution is -2.24. The van der Waals surface area contributed by atoms with E-state index in [2.05, 4.69) is 16.9 Å². The second-order valence-corrected chi connectivity index (χ2v) is 4.66. The largest absolute Gasteiger partial charge is 0.431 e. The lowest BCUT2D eigenvalue weighted by atomic mass is 10.2. The van der Waals surface area contributed by atoms with Crippen molar-refractivity contribution in [3.8, 4) is 11.3 Å². The van der Waals surface area contributed by atoms with Crippen LogP contribution in [0, 0.1) is 0 Å². The summed E-state index contributed by atoms with van der Waals surface area (Å²) in [6, 6.07) is 9.72. The molecule has 0 bridgehead atoms. The van der Waals surface area contributed by atoms with Crippen molar-refractivity contribution in [3.05, 3.63) is 49.2 Å². The number of carbonyl (C=O) groups excluding carboxylic acids is 1. The Bertz CT molecular complexity index is 552. The van der Waals surface area contributed by atoms with Gasteiger partial charge in [-0.05, 0) is 0 Å². The minimum absolute atomic E-state index is 0.0654. The molecule has 0 spiro atoms. The van der Waals surface area contributed by atoms with Gasteiger partial charge in [0, 0.05) is 12.1 Å². The fraction of sp³-hybridized carbons (Fsp3) is 0.143. The normalized spacial score (nSPS) is 10.1. The number of rotatable bonds is 6. The monoisotopic (exact) mass is 274 g/mol. The van der Waals surface area contributed by atoms with Gasteiger partial charge < -0.3 is 9.73 Å². The number of carbonyl (C=O) groups is 1. The van der Waals surface area contributed by atoms with E-state index < -0.39 is 0 Å². The fourth-order valence-electron chi connectivity index (χ4n) is 1.43. The van der Waals surface area contributed by atoms with Gasteiger partial charge in [-0.2, -0.15) is 0 Å². The van der Waals surface area contributed by atoms with E-state index in [0.717, 1.165) is 5.56 Å². The average Bonchev–Trinajstić information content (AvgIpc) is 2.93. The van der Waals surface area contributed by atoms with E-state index in [0.29, 0.717) is 17.5 Å². The highest BCUT2D eigenvalue weighted by molar-refractivity contribution is 7.99. The smallest absolute Gasteiger partial charge is 0.256 e. The van der Waals surface area contributed by atoms with Crippen molar-refractivity contribution in [3.63, 3.8) is 0 Å². The minimum Gasteiger partial charge on any atom is -0.431 e. The number of hydrogen-bond donors (Lipinski definition) is 1. The maximum absolute atomic E-state index is 11.4. The Morgan fingerprint density at radius 3 is 2.95 bits per heavy atom. The minimum atomic E-state index is -0.0654. The molecule has 0 fully saturated rings. The summed E-state index contributed by atoms with van der Waals surface area (Å²) in [7, 11) is 0. The molecule has 4 nitrogen and oxygen atoms in total. The van der Waals surface area contributed by atoms with Crippen molar-refractivity contribution in [2.24, 2.45) is 0 Å². The molecule has 5 heteroatoms. The number of aromatic nitrogens is 1. The van der Waals surface area contributed by atoms with Crippen molar-refractivity contribution in [2.75, 3.05) is 12.3 Å². The molecule has 1 N–H and O–H groups in total. The van der Waals surface area contributed by atoms with Gasteiger partial charge in [0.2, 0.25) is 5.91 Å². The highest BCUT2D eigenvalue weighted by atomic mass is 32.2. The lowest BCUT2D eigenvalue weighted by Gasteiger charge is -1.99. The van der Waals surface area contributed by atoms with Crippen LogP contribution in [-0.2, 0) is 4.79 Å². The van der Waals surface area contributed by atoms with E-state index in [-0.39, 0.29) is 11.7 Å². The highest BCUT2D eigenvalue weighted by Crippen LogP contribution is 2.24. The summed E-state index contributed by atoms with van der Waals surface area (Å²) in [5, 5.41) is 3.19. The molecule has 1 aromatic carbocycles. The number of thioether (sulfide) groups is 1. The Kier molecular flexibility index (Phi) is 4.80. The summed E-state index contributed by atoms with van der Waals surface area (Å²) >= 11 is 1.27. The summed E-state index contributed by atoms with van der Waals surface area (Å²) in [4.78, 5) is 15.5. The second kappa shape index (κ2) is 6.80. The molecule has 19 heavy (non-hydrogen) atoms. The maximum Gasteiger partial charge on any atom is 0.256 e. The van der Waals surface area contributed by atoms with Gasteiger partial charge in [0.05, 0.1) is 11.9 Å². The molecule has 0 saturated heterocycles. The van der Waals surface area contributed by atoms with Crippen LogP contribution in [0.5, 0.6) is 0 Å². The van der Waals surface area contributed by atoms with Gasteiger partial charge in [-0.1, -0.05) is 48.2 Å². The average molecular weight is 274 g/mol. The van der Waals surface area contributed by atoms with Crippen molar-refractivity contribution < 1.29 is 9.21 Å². The molecule has 1 amide bonds. The first-order valence-corrected chi connectivity index (χ1v) is 6.80. The van der Waals surface area contributed by atoms with Gasteiger partial charge in [-0.15, -0.1) is 6.58 Å². The van der Waals surface area contributed by atoms with Crippen LogP contribution in [-0.4, -0.2) is 23.2 Å². The molecule has 1 heterocycles. The first-order valence-electron chi connectivity index (χ1n) is 5.81. The maximum atomic E-state index is 11.4. The van der Waals surface area contributed by atoms with Crippen molar-refractivity contribution >= 4 is 17.7 Å². The van der Waals surface area contributed by atoms with E-state index in [9.17, 15) is 4.79 Å². The van der Waals surface area contributed by atoms with Crippen molar-refractivity contribution in [1.29, 1.82) is 0 Å². The molecule has 2 rings (SSSR count). The fourth-order valence-corrected chi connectivity index (χ4v) is 2.06. The van der Waals surface area contributed by atoms with Crippen LogP contribution in [0.25, 0.3) is 11.3 Å². The van der Waals surface area contributed by atoms with E-state index in [1.54, 1.807) is 12.3 Å². The standard InChI is InChI=1S/C14H14N2O2S/c1-2-8-15-13(17)10-19-14-16-9-12(18-14)11-6-4-3-5-7-11/h2-7,9H,1,8,10H2,(H,15,17). The van der Waals surface area contributed by atoms with Crippen LogP contribution in [0.15, 0.2) is 58.8 Å². The van der Waals surface area contributed by atoms with E-state index in [1.807, 2.05) is 30.3 Å². The molecule has 0 aliphatic carbocycles. The summed E-state index contributed by atoms with van der Waals surface area (Å²) in [5.41, 5.74) is 0.970. The SMILES string of the molecule is C=CCNC(=O)CSc1ncc(-c2ccccc2)o1. The molecule has 0 aliphatic heterocycles. The third-order valence-corrected chi connectivity index (χ3v) is 3.16. The second-order valence-electron chi connectivity index (χ2n) is 3.74. The number of hydrogen-bond acceptors (Lipinski definition) is 4. The topological polar surface area (TPSA) is 55.1 Å². The molecular weight excluding hydrogens is 260 g/mol. The summed E-state index contributed by atoms with van der Waals surface area (Å²) in [6.45, 7) is 4.01. The molecule has 0 aliphatic rings. The Morgan fingerprint density at radius 1 is 1.42 bits per heavy atom. The van der Waals surface area contributed by atoms with Crippen LogP contribution in [0.1, 0.15) is 0 Å². The Hall–Kier alpha value is -2.01. The molecule has 0 saturated carbocycles. The van der Waals surface area contributed by atoms with Gasteiger partial charge in [0.25, 0.3) is 5.22 Å². The predicted molar refractivity (Wildman–Crippen MR) is 75.9 cm³/mol. The van der Waals surface area contributed by atoms with Crippen LogP contribution >= 0.6 is 11.8 Å². The quantitative estimate of drug-likeness (QED) is 0.650. The molecule has 98 valence electrons. The molecule has 0 unspecified atom stereocenters. The summed E-state index contributed by atoms with van der Waals surface area (Å²) in [5.74, 6) is 0.918. The van der Waals surface area contributed by atoms with Gasteiger partial charge in [-0.3, -0.25) is 4.79 Å². The Morgan fingerprint density at radius 2 is 2.21 bits per heavy atom. The highest BCUT2D eigenvalue weighted by Gasteiger charge is 2.08. The van der Waals surface area contributed by atoms with Crippen LogP contribution in [0.3, 0.4) is 0 Å². The molecule has 0 atom stereocenters.